The molecule has 0 bridgehead atoms. The van der Waals surface area contributed by atoms with Crippen molar-refractivity contribution < 1.29 is 0 Å². The number of pyridine rings is 1. The number of fused-ring (bicyclic) bond motifs is 2. The molecular weight excluding hydrogens is 314 g/mol. The second kappa shape index (κ2) is 7.14. The second-order valence-corrected chi connectivity index (χ2v) is 7.13. The molecule has 0 saturated heterocycles. The highest BCUT2D eigenvalue weighted by Gasteiger charge is 2.12. The van der Waals surface area contributed by atoms with E-state index in [1.54, 1.807) is 0 Å². The number of aromatic nitrogens is 1. The third-order valence-electron chi connectivity index (χ3n) is 4.30. The van der Waals surface area contributed by atoms with E-state index < -0.39 is 0 Å². The third kappa shape index (κ3) is 3.49. The number of hydrogen-bond donors (Lipinski definition) is 2. The largest absolute Gasteiger partial charge is 0.398 e. The normalized spacial score (nSPS) is 12.6. The van der Waals surface area contributed by atoms with Gasteiger partial charge in [-0.05, 0) is 54.7 Å². The van der Waals surface area contributed by atoms with Crippen LogP contribution in [-0.4, -0.2) is 10.7 Å². The minimum Gasteiger partial charge on any atom is -0.398 e. The molecule has 3 nitrogen and oxygen atoms in total. The van der Waals surface area contributed by atoms with E-state index in [9.17, 15) is 0 Å². The van der Waals surface area contributed by atoms with Crippen molar-refractivity contribution in [3.8, 4) is 0 Å². The molecule has 0 atom stereocenters. The lowest BCUT2D eigenvalue weighted by atomic mass is 10.1. The fraction of sp³-hybridized carbons (Fsp3) is 0.250. The minimum atomic E-state index is 0.654. The van der Waals surface area contributed by atoms with E-state index >= 15 is 0 Å². The maximum atomic E-state index is 5.79. The van der Waals surface area contributed by atoms with Gasteiger partial charge in [-0.15, -0.1) is 11.8 Å². The van der Waals surface area contributed by atoms with Crippen LogP contribution in [0.25, 0.3) is 10.9 Å². The van der Waals surface area contributed by atoms with Crippen LogP contribution in [0.2, 0.25) is 0 Å². The molecule has 3 aromatic rings. The van der Waals surface area contributed by atoms with Gasteiger partial charge in [0.2, 0.25) is 0 Å². The SMILES string of the molecule is CCc1cc2ccccc2nc1N.Cc1cc2c(cc1N)SCC2. The molecule has 1 aliphatic rings. The van der Waals surface area contributed by atoms with E-state index in [1.165, 1.54) is 28.2 Å². The summed E-state index contributed by atoms with van der Waals surface area (Å²) in [7, 11) is 0. The monoisotopic (exact) mass is 337 g/mol. The number of anilines is 2. The lowest BCUT2D eigenvalue weighted by molar-refractivity contribution is 1.13. The first kappa shape index (κ1) is 16.7. The van der Waals surface area contributed by atoms with Gasteiger partial charge in [-0.25, -0.2) is 4.98 Å². The molecule has 2 heterocycles. The summed E-state index contributed by atoms with van der Waals surface area (Å²) in [5, 5.41) is 1.16. The van der Waals surface area contributed by atoms with Crippen LogP contribution in [0.3, 0.4) is 0 Å². The Morgan fingerprint density at radius 1 is 1.12 bits per heavy atom. The van der Waals surface area contributed by atoms with Gasteiger partial charge in [0.15, 0.2) is 0 Å². The number of para-hydroxylation sites is 1. The number of benzene rings is 2. The minimum absolute atomic E-state index is 0.654. The Morgan fingerprint density at radius 3 is 2.71 bits per heavy atom. The van der Waals surface area contributed by atoms with Crippen LogP contribution in [-0.2, 0) is 12.8 Å². The molecule has 0 radical (unpaired) electrons. The van der Waals surface area contributed by atoms with Crippen LogP contribution in [0.15, 0.2) is 47.4 Å². The second-order valence-electron chi connectivity index (χ2n) is 5.99. The Hall–Kier alpha value is -2.20. The Morgan fingerprint density at radius 2 is 1.92 bits per heavy atom. The fourth-order valence-corrected chi connectivity index (χ4v) is 3.92. The smallest absolute Gasteiger partial charge is 0.127 e. The lowest BCUT2D eigenvalue weighted by Gasteiger charge is -2.03. The molecule has 4 heteroatoms. The molecule has 0 saturated carbocycles. The Balaban J connectivity index is 0.000000143. The van der Waals surface area contributed by atoms with Gasteiger partial charge < -0.3 is 11.5 Å². The van der Waals surface area contributed by atoms with Crippen molar-refractivity contribution in [2.75, 3.05) is 17.2 Å². The molecule has 24 heavy (non-hydrogen) atoms. The molecular formula is C20H23N3S. The van der Waals surface area contributed by atoms with Gasteiger partial charge in [0.25, 0.3) is 0 Å². The highest BCUT2D eigenvalue weighted by atomic mass is 32.2. The predicted octanol–water partition coefficient (Wildman–Crippen LogP) is 4.60. The van der Waals surface area contributed by atoms with Crippen molar-refractivity contribution in [2.45, 2.75) is 31.6 Å². The molecule has 0 fully saturated rings. The number of nitrogens with zero attached hydrogens (tertiary/aromatic N) is 1. The molecule has 2 aromatic carbocycles. The first-order valence-electron chi connectivity index (χ1n) is 8.24. The molecule has 4 rings (SSSR count). The standard InChI is InChI=1S/C11H12N2.C9H11NS/c1-2-8-7-9-5-3-4-6-10(9)13-11(8)12;1-6-4-7-2-3-11-9(7)5-8(6)10/h3-7H,2H2,1H3,(H2,12,13);4-5H,2-3,10H2,1H3. The van der Waals surface area contributed by atoms with Crippen LogP contribution >= 0.6 is 11.8 Å². The predicted molar refractivity (Wildman–Crippen MR) is 106 cm³/mol. The van der Waals surface area contributed by atoms with Crippen molar-refractivity contribution in [1.29, 1.82) is 0 Å². The van der Waals surface area contributed by atoms with Gasteiger partial charge in [0.1, 0.15) is 5.82 Å². The summed E-state index contributed by atoms with van der Waals surface area (Å²) in [6, 6.07) is 14.4. The summed E-state index contributed by atoms with van der Waals surface area (Å²) in [5.41, 5.74) is 17.3. The molecule has 0 amide bonds. The van der Waals surface area contributed by atoms with Gasteiger partial charge in [-0.2, -0.15) is 0 Å². The quantitative estimate of drug-likeness (QED) is 0.637. The number of nitrogen functional groups attached to an aromatic ring is 2. The third-order valence-corrected chi connectivity index (χ3v) is 5.39. The lowest BCUT2D eigenvalue weighted by Crippen LogP contribution is -1.96. The first-order chi connectivity index (χ1) is 11.6. The summed E-state index contributed by atoms with van der Waals surface area (Å²) in [5.74, 6) is 1.87. The van der Waals surface area contributed by atoms with E-state index in [0.717, 1.165) is 28.6 Å². The van der Waals surface area contributed by atoms with Crippen molar-refractivity contribution in [1.82, 2.24) is 4.98 Å². The Labute approximate surface area is 147 Å². The average molecular weight is 337 g/mol. The zero-order chi connectivity index (χ0) is 17.1. The summed E-state index contributed by atoms with van der Waals surface area (Å²) in [6.07, 6.45) is 2.14. The van der Waals surface area contributed by atoms with Crippen LogP contribution in [0, 0.1) is 6.92 Å². The molecule has 0 spiro atoms. The maximum absolute atomic E-state index is 5.79. The molecule has 124 valence electrons. The summed E-state index contributed by atoms with van der Waals surface area (Å²) in [4.78, 5) is 5.71. The van der Waals surface area contributed by atoms with Gasteiger partial charge in [0, 0.05) is 21.7 Å². The topological polar surface area (TPSA) is 64.9 Å². The van der Waals surface area contributed by atoms with Crippen molar-refractivity contribution >= 4 is 34.2 Å². The zero-order valence-electron chi connectivity index (χ0n) is 14.2. The highest BCUT2D eigenvalue weighted by Crippen LogP contribution is 2.33. The number of thioether (sulfide) groups is 1. The summed E-state index contributed by atoms with van der Waals surface area (Å²) >= 11 is 1.91. The Kier molecular flexibility index (Phi) is 4.95. The zero-order valence-corrected chi connectivity index (χ0v) is 15.0. The van der Waals surface area contributed by atoms with Crippen LogP contribution in [0.5, 0.6) is 0 Å². The van der Waals surface area contributed by atoms with Gasteiger partial charge in [0.05, 0.1) is 5.52 Å². The summed E-state index contributed by atoms with van der Waals surface area (Å²) in [6.45, 7) is 4.15. The molecule has 0 aliphatic carbocycles. The van der Waals surface area contributed by atoms with Crippen molar-refractivity contribution in [3.63, 3.8) is 0 Å². The van der Waals surface area contributed by atoms with Gasteiger partial charge in [-0.1, -0.05) is 31.2 Å². The maximum Gasteiger partial charge on any atom is 0.127 e. The van der Waals surface area contributed by atoms with E-state index in [4.69, 9.17) is 11.5 Å². The van der Waals surface area contributed by atoms with E-state index in [-0.39, 0.29) is 0 Å². The van der Waals surface area contributed by atoms with Crippen molar-refractivity contribution in [3.05, 3.63) is 59.2 Å². The van der Waals surface area contributed by atoms with E-state index in [0.29, 0.717) is 5.82 Å². The van der Waals surface area contributed by atoms with Gasteiger partial charge >= 0.3 is 0 Å². The number of rotatable bonds is 1. The van der Waals surface area contributed by atoms with Crippen LogP contribution in [0.4, 0.5) is 11.5 Å². The van der Waals surface area contributed by atoms with Gasteiger partial charge in [-0.3, -0.25) is 0 Å². The molecule has 0 unspecified atom stereocenters. The number of nitrogens with two attached hydrogens (primary N) is 2. The Bertz CT molecular complexity index is 845. The number of aryl methyl sites for hydroxylation is 3. The van der Waals surface area contributed by atoms with Crippen LogP contribution in [0.1, 0.15) is 23.6 Å². The summed E-state index contributed by atoms with van der Waals surface area (Å²) < 4.78 is 0. The first-order valence-corrected chi connectivity index (χ1v) is 9.23. The van der Waals surface area contributed by atoms with Crippen molar-refractivity contribution in [2.24, 2.45) is 0 Å². The van der Waals surface area contributed by atoms with Crippen LogP contribution < -0.4 is 11.5 Å². The highest BCUT2D eigenvalue weighted by molar-refractivity contribution is 7.99. The average Bonchev–Trinajstić information content (AvgIpc) is 3.02. The molecule has 4 N–H and O–H groups in total. The van der Waals surface area contributed by atoms with E-state index in [1.807, 2.05) is 30.0 Å². The van der Waals surface area contributed by atoms with E-state index in [2.05, 4.69) is 43.1 Å². The molecule has 1 aliphatic heterocycles. The fourth-order valence-electron chi connectivity index (χ4n) is 2.82. The molecule has 1 aromatic heterocycles. The number of hydrogen-bond acceptors (Lipinski definition) is 4.